The SMILES string of the molecule is COc1ccc(Br)c(C(=O)NC[C@@]2(O)CCOC2)c1. The maximum atomic E-state index is 12.1. The Morgan fingerprint density at radius 3 is 3.05 bits per heavy atom. The summed E-state index contributed by atoms with van der Waals surface area (Å²) >= 11 is 3.32. The Bertz CT molecular complexity index is 472. The molecule has 0 bridgehead atoms. The second kappa shape index (κ2) is 5.90. The van der Waals surface area contributed by atoms with Crippen molar-refractivity contribution in [2.75, 3.05) is 26.9 Å². The van der Waals surface area contributed by atoms with Crippen LogP contribution in [0.1, 0.15) is 16.8 Å². The fourth-order valence-corrected chi connectivity index (χ4v) is 2.31. The van der Waals surface area contributed by atoms with Crippen molar-refractivity contribution in [2.45, 2.75) is 12.0 Å². The predicted molar refractivity (Wildman–Crippen MR) is 73.4 cm³/mol. The Morgan fingerprint density at radius 2 is 2.42 bits per heavy atom. The Hall–Kier alpha value is -1.11. The topological polar surface area (TPSA) is 67.8 Å². The Labute approximate surface area is 120 Å². The van der Waals surface area contributed by atoms with Crippen molar-refractivity contribution in [2.24, 2.45) is 0 Å². The van der Waals surface area contributed by atoms with Crippen molar-refractivity contribution in [1.82, 2.24) is 5.32 Å². The van der Waals surface area contributed by atoms with E-state index in [2.05, 4.69) is 21.2 Å². The highest BCUT2D eigenvalue weighted by molar-refractivity contribution is 9.10. The van der Waals surface area contributed by atoms with Crippen molar-refractivity contribution in [3.05, 3.63) is 28.2 Å². The zero-order chi connectivity index (χ0) is 13.9. The largest absolute Gasteiger partial charge is 0.497 e. The maximum Gasteiger partial charge on any atom is 0.252 e. The molecule has 1 aromatic carbocycles. The van der Waals surface area contributed by atoms with E-state index < -0.39 is 5.60 Å². The number of carbonyl (C=O) groups excluding carboxylic acids is 1. The highest BCUT2D eigenvalue weighted by Crippen LogP contribution is 2.23. The van der Waals surface area contributed by atoms with Gasteiger partial charge in [-0.1, -0.05) is 0 Å². The molecule has 0 unspecified atom stereocenters. The van der Waals surface area contributed by atoms with E-state index >= 15 is 0 Å². The van der Waals surface area contributed by atoms with Gasteiger partial charge in [0.05, 0.1) is 19.3 Å². The van der Waals surface area contributed by atoms with Crippen molar-refractivity contribution in [3.8, 4) is 5.75 Å². The minimum absolute atomic E-state index is 0.176. The summed E-state index contributed by atoms with van der Waals surface area (Å²) in [6.07, 6.45) is 0.534. The van der Waals surface area contributed by atoms with Gasteiger partial charge in [-0.15, -0.1) is 0 Å². The summed E-state index contributed by atoms with van der Waals surface area (Å²) in [5.74, 6) is 0.349. The Morgan fingerprint density at radius 1 is 1.63 bits per heavy atom. The molecule has 0 aromatic heterocycles. The van der Waals surface area contributed by atoms with Gasteiger partial charge in [-0.25, -0.2) is 0 Å². The van der Waals surface area contributed by atoms with E-state index in [0.29, 0.717) is 28.8 Å². The molecule has 19 heavy (non-hydrogen) atoms. The summed E-state index contributed by atoms with van der Waals surface area (Å²) in [6.45, 7) is 0.956. The lowest BCUT2D eigenvalue weighted by molar-refractivity contribution is 0.0264. The van der Waals surface area contributed by atoms with Crippen LogP contribution >= 0.6 is 15.9 Å². The van der Waals surface area contributed by atoms with Crippen molar-refractivity contribution < 1.29 is 19.4 Å². The van der Waals surface area contributed by atoms with Gasteiger partial charge >= 0.3 is 0 Å². The summed E-state index contributed by atoms with van der Waals surface area (Å²) in [7, 11) is 1.55. The fourth-order valence-electron chi connectivity index (χ4n) is 1.88. The molecule has 0 saturated carbocycles. The van der Waals surface area contributed by atoms with Crippen LogP contribution in [0, 0.1) is 0 Å². The molecule has 6 heteroatoms. The van der Waals surface area contributed by atoms with E-state index in [1.165, 1.54) is 0 Å². The molecular formula is C13H16BrNO4. The maximum absolute atomic E-state index is 12.1. The molecule has 0 spiro atoms. The van der Waals surface area contributed by atoms with E-state index in [1.807, 2.05) is 0 Å². The van der Waals surface area contributed by atoms with Gasteiger partial charge in [0.1, 0.15) is 11.4 Å². The second-order valence-corrected chi connectivity index (χ2v) is 5.41. The molecule has 5 nitrogen and oxygen atoms in total. The second-order valence-electron chi connectivity index (χ2n) is 4.56. The number of halogens is 1. The zero-order valence-corrected chi connectivity index (χ0v) is 12.2. The molecule has 1 aromatic rings. The number of methoxy groups -OCH3 is 1. The van der Waals surface area contributed by atoms with Gasteiger partial charge in [0.15, 0.2) is 0 Å². The lowest BCUT2D eigenvalue weighted by Crippen LogP contribution is -2.43. The van der Waals surface area contributed by atoms with Crippen molar-refractivity contribution >= 4 is 21.8 Å². The van der Waals surface area contributed by atoms with E-state index in [9.17, 15) is 9.90 Å². The third kappa shape index (κ3) is 3.46. The van der Waals surface area contributed by atoms with Crippen molar-refractivity contribution in [1.29, 1.82) is 0 Å². The summed E-state index contributed by atoms with van der Waals surface area (Å²) in [4.78, 5) is 12.1. The lowest BCUT2D eigenvalue weighted by atomic mass is 10.0. The molecule has 2 N–H and O–H groups in total. The number of rotatable bonds is 4. The van der Waals surface area contributed by atoms with Gasteiger partial charge in [-0.05, 0) is 34.1 Å². The van der Waals surface area contributed by atoms with Crippen LogP contribution < -0.4 is 10.1 Å². The molecule has 1 aliphatic heterocycles. The normalized spacial score (nSPS) is 22.3. The van der Waals surface area contributed by atoms with Gasteiger partial charge < -0.3 is 19.9 Å². The molecule has 1 atom stereocenters. The third-order valence-corrected chi connectivity index (χ3v) is 3.77. The molecule has 2 rings (SSSR count). The Kier molecular flexibility index (Phi) is 4.44. The highest BCUT2D eigenvalue weighted by atomic mass is 79.9. The molecule has 1 heterocycles. The number of hydrogen-bond acceptors (Lipinski definition) is 4. The van der Waals surface area contributed by atoms with Crippen LogP contribution in [-0.2, 0) is 4.74 Å². The van der Waals surface area contributed by atoms with Crippen LogP contribution in [0.2, 0.25) is 0 Å². The monoisotopic (exact) mass is 329 g/mol. The summed E-state index contributed by atoms with van der Waals surface area (Å²) in [5.41, 5.74) is -0.483. The number of aliphatic hydroxyl groups is 1. The van der Waals surface area contributed by atoms with Crippen LogP contribution in [0.4, 0.5) is 0 Å². The first-order valence-electron chi connectivity index (χ1n) is 5.96. The minimum Gasteiger partial charge on any atom is -0.497 e. The average molecular weight is 330 g/mol. The van der Waals surface area contributed by atoms with Gasteiger partial charge in [-0.2, -0.15) is 0 Å². The molecular weight excluding hydrogens is 314 g/mol. The predicted octanol–water partition coefficient (Wildman–Crippen LogP) is 1.34. The van der Waals surface area contributed by atoms with E-state index in [1.54, 1.807) is 25.3 Å². The number of ether oxygens (including phenoxy) is 2. The first-order valence-corrected chi connectivity index (χ1v) is 6.75. The summed E-state index contributed by atoms with van der Waals surface area (Å²) in [6, 6.07) is 5.16. The molecule has 1 aliphatic rings. The smallest absolute Gasteiger partial charge is 0.252 e. The number of carbonyl (C=O) groups is 1. The van der Waals surface area contributed by atoms with Gasteiger partial charge in [0, 0.05) is 24.0 Å². The van der Waals surface area contributed by atoms with Crippen LogP contribution in [0.15, 0.2) is 22.7 Å². The molecule has 104 valence electrons. The zero-order valence-electron chi connectivity index (χ0n) is 10.6. The molecule has 0 aliphatic carbocycles. The number of hydrogen-bond donors (Lipinski definition) is 2. The standard InChI is InChI=1S/C13H16BrNO4/c1-18-9-2-3-11(14)10(6-9)12(16)15-7-13(17)4-5-19-8-13/h2-3,6,17H,4-5,7-8H2,1H3,(H,15,16)/t13-/m0/s1. The first kappa shape index (κ1) is 14.3. The summed E-state index contributed by atoms with van der Waals surface area (Å²) < 4.78 is 10.9. The quantitative estimate of drug-likeness (QED) is 0.874. The number of nitrogens with one attached hydrogen (secondary N) is 1. The summed E-state index contributed by atoms with van der Waals surface area (Å²) in [5, 5.41) is 12.8. The molecule has 1 fully saturated rings. The number of amides is 1. The fraction of sp³-hybridized carbons (Fsp3) is 0.462. The minimum atomic E-state index is -0.957. The lowest BCUT2D eigenvalue weighted by Gasteiger charge is -2.20. The first-order chi connectivity index (χ1) is 9.04. The van der Waals surface area contributed by atoms with Crippen LogP contribution in [0.5, 0.6) is 5.75 Å². The van der Waals surface area contributed by atoms with Gasteiger partial charge in [0.25, 0.3) is 5.91 Å². The van der Waals surface area contributed by atoms with E-state index in [-0.39, 0.29) is 19.1 Å². The van der Waals surface area contributed by atoms with Gasteiger partial charge in [-0.3, -0.25) is 4.79 Å². The Balaban J connectivity index is 2.03. The molecule has 1 amide bonds. The van der Waals surface area contributed by atoms with Crippen molar-refractivity contribution in [3.63, 3.8) is 0 Å². The van der Waals surface area contributed by atoms with Crippen LogP contribution in [0.25, 0.3) is 0 Å². The molecule has 0 radical (unpaired) electrons. The average Bonchev–Trinajstić information content (AvgIpc) is 2.84. The van der Waals surface area contributed by atoms with E-state index in [4.69, 9.17) is 9.47 Å². The van der Waals surface area contributed by atoms with Crippen LogP contribution in [-0.4, -0.2) is 43.5 Å². The highest BCUT2D eigenvalue weighted by Gasteiger charge is 2.32. The van der Waals surface area contributed by atoms with Crippen LogP contribution in [0.3, 0.4) is 0 Å². The molecule has 1 saturated heterocycles. The third-order valence-electron chi connectivity index (χ3n) is 3.08. The van der Waals surface area contributed by atoms with E-state index in [0.717, 1.165) is 0 Å². The van der Waals surface area contributed by atoms with Gasteiger partial charge in [0.2, 0.25) is 0 Å². The number of benzene rings is 1.